The molecule has 2 atom stereocenters. The van der Waals surface area contributed by atoms with Gasteiger partial charge in [0.05, 0.1) is 17.6 Å². The maximum absolute atomic E-state index is 12.4. The van der Waals surface area contributed by atoms with Gasteiger partial charge in [-0.3, -0.25) is 0 Å². The Labute approximate surface area is 119 Å². The van der Waals surface area contributed by atoms with Gasteiger partial charge < -0.3 is 14.4 Å². The van der Waals surface area contributed by atoms with Crippen molar-refractivity contribution in [2.24, 2.45) is 0 Å². The molecule has 2 unspecified atom stereocenters. The first-order chi connectivity index (χ1) is 9.51. The van der Waals surface area contributed by atoms with E-state index in [1.807, 2.05) is 6.92 Å². The minimum Gasteiger partial charge on any atom is -0.390 e. The van der Waals surface area contributed by atoms with Crippen molar-refractivity contribution in [3.63, 3.8) is 0 Å². The lowest BCUT2D eigenvalue weighted by Gasteiger charge is -2.19. The number of sulfonamides is 1. The van der Waals surface area contributed by atoms with Crippen LogP contribution in [0.2, 0.25) is 0 Å². The van der Waals surface area contributed by atoms with Crippen LogP contribution in [-0.2, 0) is 27.9 Å². The largest absolute Gasteiger partial charge is 0.390 e. The van der Waals surface area contributed by atoms with Crippen molar-refractivity contribution in [3.8, 4) is 0 Å². The lowest BCUT2D eigenvalue weighted by Crippen LogP contribution is -2.40. The number of aliphatic hydroxyl groups is 1. The van der Waals surface area contributed by atoms with E-state index in [-0.39, 0.29) is 23.6 Å². The van der Waals surface area contributed by atoms with Crippen LogP contribution in [0.15, 0.2) is 17.2 Å². The van der Waals surface area contributed by atoms with Gasteiger partial charge in [0.15, 0.2) is 0 Å². The summed E-state index contributed by atoms with van der Waals surface area (Å²) in [5.41, 5.74) is 0.600. The first-order valence-corrected chi connectivity index (χ1v) is 8.35. The molecule has 0 bridgehead atoms. The molecule has 1 saturated carbocycles. The third-order valence-electron chi connectivity index (χ3n) is 3.84. The summed E-state index contributed by atoms with van der Waals surface area (Å²) >= 11 is 0. The zero-order valence-corrected chi connectivity index (χ0v) is 12.7. The molecule has 1 aromatic rings. The normalized spacial score (nSPS) is 23.4. The van der Waals surface area contributed by atoms with E-state index in [2.05, 4.69) is 4.72 Å². The molecule has 0 radical (unpaired) electrons. The van der Waals surface area contributed by atoms with Gasteiger partial charge in [0, 0.05) is 31.6 Å². The van der Waals surface area contributed by atoms with Gasteiger partial charge in [-0.25, -0.2) is 13.1 Å². The SMILES string of the molecule is CCn1cc(S(=O)(=O)NC2CCCC2OC)cc1CO. The fraction of sp³-hybridized carbons (Fsp3) is 0.692. The summed E-state index contributed by atoms with van der Waals surface area (Å²) in [5, 5.41) is 9.24. The van der Waals surface area contributed by atoms with Gasteiger partial charge in [-0.15, -0.1) is 0 Å². The van der Waals surface area contributed by atoms with Crippen LogP contribution in [0.25, 0.3) is 0 Å². The Bertz CT molecular complexity index is 531. The Kier molecular flexibility index (Phi) is 4.85. The van der Waals surface area contributed by atoms with Crippen molar-refractivity contribution >= 4 is 10.0 Å². The summed E-state index contributed by atoms with van der Waals surface area (Å²) in [4.78, 5) is 0.199. The van der Waals surface area contributed by atoms with Gasteiger partial charge in [-0.05, 0) is 32.3 Å². The van der Waals surface area contributed by atoms with Gasteiger partial charge in [0.25, 0.3) is 0 Å². The van der Waals surface area contributed by atoms with Gasteiger partial charge in [-0.2, -0.15) is 0 Å². The van der Waals surface area contributed by atoms with E-state index in [0.717, 1.165) is 19.3 Å². The molecule has 1 heterocycles. The molecule has 0 spiro atoms. The summed E-state index contributed by atoms with van der Waals surface area (Å²) in [5.74, 6) is 0. The third-order valence-corrected chi connectivity index (χ3v) is 5.29. The molecule has 7 heteroatoms. The summed E-state index contributed by atoms with van der Waals surface area (Å²) in [6.07, 6.45) is 4.13. The number of hydrogen-bond donors (Lipinski definition) is 2. The van der Waals surface area contributed by atoms with Gasteiger partial charge in [0.2, 0.25) is 10.0 Å². The predicted octanol–water partition coefficient (Wildman–Crippen LogP) is 0.846. The Morgan fingerprint density at radius 1 is 1.50 bits per heavy atom. The first-order valence-electron chi connectivity index (χ1n) is 6.86. The number of rotatable bonds is 6. The Morgan fingerprint density at radius 3 is 2.80 bits per heavy atom. The second-order valence-corrected chi connectivity index (χ2v) is 6.76. The molecule has 0 aromatic carbocycles. The topological polar surface area (TPSA) is 80.6 Å². The number of aliphatic hydroxyl groups excluding tert-OH is 1. The minimum absolute atomic E-state index is 0.0599. The van der Waals surface area contributed by atoms with Crippen LogP contribution >= 0.6 is 0 Å². The van der Waals surface area contributed by atoms with E-state index in [1.54, 1.807) is 17.9 Å². The van der Waals surface area contributed by atoms with E-state index in [4.69, 9.17) is 4.74 Å². The maximum Gasteiger partial charge on any atom is 0.242 e. The summed E-state index contributed by atoms with van der Waals surface area (Å²) < 4.78 is 34.5. The molecule has 0 saturated heterocycles. The maximum atomic E-state index is 12.4. The van der Waals surface area contributed by atoms with Crippen LogP contribution in [0.4, 0.5) is 0 Å². The summed E-state index contributed by atoms with van der Waals surface area (Å²) in [7, 11) is -1.96. The smallest absolute Gasteiger partial charge is 0.242 e. The number of nitrogens with one attached hydrogen (secondary N) is 1. The van der Waals surface area contributed by atoms with E-state index in [1.165, 1.54) is 6.07 Å². The van der Waals surface area contributed by atoms with Crippen molar-refractivity contribution in [1.82, 2.24) is 9.29 Å². The molecule has 1 aliphatic rings. The highest BCUT2D eigenvalue weighted by molar-refractivity contribution is 7.89. The molecule has 2 N–H and O–H groups in total. The first kappa shape index (κ1) is 15.5. The van der Waals surface area contributed by atoms with Crippen molar-refractivity contribution in [2.45, 2.75) is 56.4 Å². The number of methoxy groups -OCH3 is 1. The fourth-order valence-corrected chi connectivity index (χ4v) is 4.07. The van der Waals surface area contributed by atoms with Crippen LogP contribution < -0.4 is 4.72 Å². The standard InChI is InChI=1S/C13H22N2O4S/c1-3-15-8-11(7-10(15)9-16)20(17,18)14-12-5-4-6-13(12)19-2/h7-8,12-14,16H,3-6,9H2,1-2H3. The summed E-state index contributed by atoms with van der Waals surface area (Å²) in [6.45, 7) is 2.35. The lowest BCUT2D eigenvalue weighted by atomic mass is 10.2. The molecule has 114 valence electrons. The molecule has 0 aliphatic heterocycles. The van der Waals surface area contributed by atoms with Gasteiger partial charge in [0.1, 0.15) is 0 Å². The van der Waals surface area contributed by atoms with Gasteiger partial charge in [-0.1, -0.05) is 0 Å². The lowest BCUT2D eigenvalue weighted by molar-refractivity contribution is 0.0916. The molecule has 1 aliphatic carbocycles. The van der Waals surface area contributed by atoms with Crippen LogP contribution in [-0.4, -0.2) is 37.3 Å². The van der Waals surface area contributed by atoms with E-state index < -0.39 is 10.0 Å². The Balaban J connectivity index is 2.20. The van der Waals surface area contributed by atoms with E-state index in [9.17, 15) is 13.5 Å². The molecule has 20 heavy (non-hydrogen) atoms. The fourth-order valence-electron chi connectivity index (χ4n) is 2.71. The van der Waals surface area contributed by atoms with Crippen molar-refractivity contribution in [2.75, 3.05) is 7.11 Å². The van der Waals surface area contributed by atoms with Crippen LogP contribution in [0.1, 0.15) is 31.9 Å². The van der Waals surface area contributed by atoms with Crippen LogP contribution in [0, 0.1) is 0 Å². The molecule has 0 amide bonds. The molecular weight excluding hydrogens is 280 g/mol. The molecular formula is C13H22N2O4S. The van der Waals surface area contributed by atoms with Crippen molar-refractivity contribution < 1.29 is 18.3 Å². The average Bonchev–Trinajstić information content (AvgIpc) is 3.03. The van der Waals surface area contributed by atoms with Crippen molar-refractivity contribution in [1.29, 1.82) is 0 Å². The zero-order chi connectivity index (χ0) is 14.8. The second-order valence-electron chi connectivity index (χ2n) is 5.04. The van der Waals surface area contributed by atoms with Crippen molar-refractivity contribution in [3.05, 3.63) is 18.0 Å². The Morgan fingerprint density at radius 2 is 2.25 bits per heavy atom. The third kappa shape index (κ3) is 3.06. The minimum atomic E-state index is -3.57. The molecule has 2 rings (SSSR count). The second kappa shape index (κ2) is 6.26. The Hall–Kier alpha value is -0.890. The quantitative estimate of drug-likeness (QED) is 0.816. The highest BCUT2D eigenvalue weighted by Gasteiger charge is 2.31. The summed E-state index contributed by atoms with van der Waals surface area (Å²) in [6, 6.07) is 1.34. The predicted molar refractivity (Wildman–Crippen MR) is 74.8 cm³/mol. The van der Waals surface area contributed by atoms with Crippen LogP contribution in [0.3, 0.4) is 0 Å². The number of nitrogens with zero attached hydrogens (tertiary/aromatic N) is 1. The highest BCUT2D eigenvalue weighted by atomic mass is 32.2. The van der Waals surface area contributed by atoms with Gasteiger partial charge >= 0.3 is 0 Å². The number of ether oxygens (including phenoxy) is 1. The monoisotopic (exact) mass is 302 g/mol. The molecule has 1 aromatic heterocycles. The average molecular weight is 302 g/mol. The number of aromatic nitrogens is 1. The zero-order valence-electron chi connectivity index (χ0n) is 11.9. The number of hydrogen-bond acceptors (Lipinski definition) is 4. The van der Waals surface area contributed by atoms with Crippen LogP contribution in [0.5, 0.6) is 0 Å². The number of aryl methyl sites for hydroxylation is 1. The molecule has 1 fully saturated rings. The molecule has 6 nitrogen and oxygen atoms in total. The van der Waals surface area contributed by atoms with E-state index in [0.29, 0.717) is 12.2 Å². The highest BCUT2D eigenvalue weighted by Crippen LogP contribution is 2.24. The van der Waals surface area contributed by atoms with E-state index >= 15 is 0 Å².